The van der Waals surface area contributed by atoms with E-state index in [2.05, 4.69) is 0 Å². The fourth-order valence-corrected chi connectivity index (χ4v) is 4.84. The molecule has 0 fully saturated rings. The second-order valence-electron chi connectivity index (χ2n) is 12.0. The predicted molar refractivity (Wildman–Crippen MR) is 228 cm³/mol. The first kappa shape index (κ1) is 52.0. The number of methoxy groups -OCH3 is 2. The normalized spacial score (nSPS) is 10.7. The number of nitrogens with two attached hydrogens (primary N) is 2. The van der Waals surface area contributed by atoms with Crippen LogP contribution in [0.5, 0.6) is 28.7 Å². The number of rotatable bonds is 19. The predicted octanol–water partition coefficient (Wildman–Crippen LogP) is 3.92. The number of nitrogen functional groups attached to an aromatic ring is 2. The fourth-order valence-electron chi connectivity index (χ4n) is 4.38. The molecule has 60 heavy (non-hydrogen) atoms. The molecule has 0 aliphatic carbocycles. The number of hydrogen-bond donors (Lipinski definition) is 9. The minimum atomic E-state index is -3.92. The summed E-state index contributed by atoms with van der Waals surface area (Å²) in [6, 6.07) is 26.8. The molecular weight excluding hydrogens is 825 g/mol. The van der Waals surface area contributed by atoms with Gasteiger partial charge in [0.05, 0.1) is 52.2 Å². The van der Waals surface area contributed by atoms with Crippen LogP contribution in [0.4, 0.5) is 0 Å². The number of ketones is 1. The van der Waals surface area contributed by atoms with Gasteiger partial charge in [0.2, 0.25) is 0 Å². The van der Waals surface area contributed by atoms with Crippen LogP contribution in [0.15, 0.2) is 97.1 Å². The highest BCUT2D eigenvalue weighted by Crippen LogP contribution is 2.34. The third-order valence-electron chi connectivity index (χ3n) is 7.34. The van der Waals surface area contributed by atoms with E-state index in [9.17, 15) is 26.7 Å². The van der Waals surface area contributed by atoms with Gasteiger partial charge in [-0.2, -0.15) is 16.8 Å². The minimum absolute atomic E-state index is 0.0579. The summed E-state index contributed by atoms with van der Waals surface area (Å²) in [4.78, 5) is 12.3. The van der Waals surface area contributed by atoms with E-state index in [1.54, 1.807) is 36.4 Å². The summed E-state index contributed by atoms with van der Waals surface area (Å²) in [5, 5.41) is 40.4. The summed E-state index contributed by atoms with van der Waals surface area (Å²) in [6.07, 6.45) is 5.99. The Morgan fingerprint density at radius 2 is 1.12 bits per heavy atom. The smallest absolute Gasteiger partial charge is 0.267 e. The SMILES string of the molecule is COc1cc(O)c(C(=O)C=Cc2ccccc2)c(OC)c1.N=C(N)c1ccc(OCCCCCOc2ccc(C(=N)N)cc2)cc1.O=S(=O)(O)CCO.O=S(=O)(O)CCO. The first-order valence-electron chi connectivity index (χ1n) is 17.8. The van der Waals surface area contributed by atoms with Crippen molar-refractivity contribution < 1.29 is 65.0 Å². The van der Waals surface area contributed by atoms with Gasteiger partial charge in [0, 0.05) is 23.3 Å². The summed E-state index contributed by atoms with van der Waals surface area (Å²) in [7, 11) is -4.93. The van der Waals surface area contributed by atoms with Crippen LogP contribution in [0.3, 0.4) is 0 Å². The number of aliphatic hydroxyl groups excluding tert-OH is 2. The number of hydrogen-bond acceptors (Lipinski definition) is 14. The molecule has 0 amide bonds. The van der Waals surface area contributed by atoms with Gasteiger partial charge in [0.25, 0.3) is 20.2 Å². The van der Waals surface area contributed by atoms with Crippen LogP contribution in [-0.4, -0.2) is 111 Å². The zero-order chi connectivity index (χ0) is 45.1. The van der Waals surface area contributed by atoms with Gasteiger partial charge in [-0.1, -0.05) is 36.4 Å². The van der Waals surface area contributed by atoms with E-state index in [4.69, 9.17) is 60.6 Å². The number of phenolic OH excluding ortho intramolecular Hbond substituents is 1. The molecule has 0 saturated heterocycles. The number of benzene rings is 4. The van der Waals surface area contributed by atoms with Gasteiger partial charge in [0.15, 0.2) is 5.78 Å². The van der Waals surface area contributed by atoms with Crippen molar-refractivity contribution in [2.24, 2.45) is 11.5 Å². The van der Waals surface area contributed by atoms with Gasteiger partial charge in [-0.05, 0) is 79.4 Å². The van der Waals surface area contributed by atoms with E-state index in [0.717, 1.165) is 36.3 Å². The highest BCUT2D eigenvalue weighted by atomic mass is 32.2. The summed E-state index contributed by atoms with van der Waals surface area (Å²) in [6.45, 7) is 0.233. The number of aromatic hydroxyl groups is 1. The summed E-state index contributed by atoms with van der Waals surface area (Å²) >= 11 is 0. The zero-order valence-electron chi connectivity index (χ0n) is 33.1. The number of nitrogens with one attached hydrogen (secondary N) is 2. The number of phenols is 1. The summed E-state index contributed by atoms with van der Waals surface area (Å²) < 4.78 is 75.7. The molecule has 20 heteroatoms. The van der Waals surface area contributed by atoms with Crippen molar-refractivity contribution >= 4 is 43.8 Å². The molecule has 0 radical (unpaired) electrons. The van der Waals surface area contributed by atoms with E-state index in [0.29, 0.717) is 30.1 Å². The molecule has 4 aromatic rings. The van der Waals surface area contributed by atoms with E-state index in [-0.39, 0.29) is 34.5 Å². The second kappa shape index (κ2) is 27.6. The molecule has 11 N–H and O–H groups in total. The van der Waals surface area contributed by atoms with E-state index in [1.807, 2.05) is 54.6 Å². The monoisotopic (exact) mass is 876 g/mol. The Balaban J connectivity index is 0.000000460. The quantitative estimate of drug-likeness (QED) is 0.0161. The molecule has 0 aliphatic rings. The van der Waals surface area contributed by atoms with Gasteiger partial charge < -0.3 is 45.7 Å². The Hall–Kier alpha value is -6.03. The Kier molecular flexibility index (Phi) is 23.9. The van der Waals surface area contributed by atoms with Crippen molar-refractivity contribution in [2.75, 3.05) is 52.2 Å². The van der Waals surface area contributed by atoms with Crippen LogP contribution in [0, 0.1) is 10.8 Å². The maximum absolute atomic E-state index is 12.3. The molecule has 0 unspecified atom stereocenters. The number of aliphatic hydroxyl groups is 2. The van der Waals surface area contributed by atoms with Crippen LogP contribution in [0.1, 0.15) is 46.3 Å². The molecule has 0 heterocycles. The number of carbonyl (C=O) groups excluding carboxylic acids is 1. The fraction of sp³-hybridized carbons (Fsp3) is 0.275. The van der Waals surface area contributed by atoms with Crippen LogP contribution in [-0.2, 0) is 20.2 Å². The Labute approximate surface area is 349 Å². The Morgan fingerprint density at radius 3 is 1.47 bits per heavy atom. The maximum atomic E-state index is 12.3. The molecule has 328 valence electrons. The third-order valence-corrected chi connectivity index (χ3v) is 8.74. The van der Waals surface area contributed by atoms with Crippen LogP contribution >= 0.6 is 0 Å². The van der Waals surface area contributed by atoms with Crippen LogP contribution < -0.4 is 30.4 Å². The molecule has 0 bridgehead atoms. The minimum Gasteiger partial charge on any atom is -0.507 e. The number of carbonyl (C=O) groups is 1. The number of unbranched alkanes of at least 4 members (excludes halogenated alkanes) is 2. The highest BCUT2D eigenvalue weighted by molar-refractivity contribution is 7.86. The molecule has 0 aromatic heterocycles. The molecule has 0 spiro atoms. The number of amidine groups is 2. The molecule has 0 saturated carbocycles. The van der Waals surface area contributed by atoms with Gasteiger partial charge in [-0.15, -0.1) is 0 Å². The van der Waals surface area contributed by atoms with E-state index >= 15 is 0 Å². The highest BCUT2D eigenvalue weighted by Gasteiger charge is 2.17. The van der Waals surface area contributed by atoms with E-state index < -0.39 is 45.0 Å². The molecule has 0 atom stereocenters. The van der Waals surface area contributed by atoms with Crippen molar-refractivity contribution in [1.82, 2.24) is 0 Å². The first-order chi connectivity index (χ1) is 28.3. The van der Waals surface area contributed by atoms with Crippen LogP contribution in [0.25, 0.3) is 6.08 Å². The molecular formula is C40H52N4O14S2. The summed E-state index contributed by atoms with van der Waals surface area (Å²) in [5.41, 5.74) is 13.2. The largest absolute Gasteiger partial charge is 0.507 e. The standard InChI is InChI=1S/C19H24N4O2.C17H16O4.2C2H6O4S/c20-18(21)14-4-8-16(9-5-14)24-12-2-1-3-13-25-17-10-6-15(7-11-17)19(22)23;1-20-13-10-15(19)17(16(11-13)21-2)14(18)9-8-12-6-4-3-5-7-12;2*3-1-2-7(4,5)6/h4-11H,1-3,12-13H2,(H3,20,21)(H3,22,23);3-11,19H,1-2H3;2*3H,1-2H2,(H,4,5,6). The average molecular weight is 877 g/mol. The second-order valence-corrected chi connectivity index (χ2v) is 15.1. The van der Waals surface area contributed by atoms with Crippen molar-refractivity contribution in [3.63, 3.8) is 0 Å². The van der Waals surface area contributed by atoms with Gasteiger partial charge in [0.1, 0.15) is 46.0 Å². The Morgan fingerprint density at radius 1 is 0.667 bits per heavy atom. The van der Waals surface area contributed by atoms with E-state index in [1.165, 1.54) is 26.4 Å². The lowest BCUT2D eigenvalue weighted by atomic mass is 10.1. The Bertz CT molecular complexity index is 2070. The third kappa shape index (κ3) is 22.8. The van der Waals surface area contributed by atoms with Gasteiger partial charge in [-0.3, -0.25) is 24.7 Å². The van der Waals surface area contributed by atoms with Crippen molar-refractivity contribution in [3.05, 3.63) is 119 Å². The van der Waals surface area contributed by atoms with Crippen molar-refractivity contribution in [2.45, 2.75) is 19.3 Å². The molecule has 0 aliphatic heterocycles. The lowest BCUT2D eigenvalue weighted by molar-refractivity contribution is 0.104. The van der Waals surface area contributed by atoms with Gasteiger partial charge >= 0.3 is 0 Å². The van der Waals surface area contributed by atoms with Crippen LogP contribution in [0.2, 0.25) is 0 Å². The van der Waals surface area contributed by atoms with Gasteiger partial charge in [-0.25, -0.2) is 0 Å². The lowest BCUT2D eigenvalue weighted by Crippen LogP contribution is -2.10. The number of allylic oxidation sites excluding steroid dienone is 1. The van der Waals surface area contributed by atoms with Crippen molar-refractivity contribution in [1.29, 1.82) is 10.8 Å². The molecule has 4 aromatic carbocycles. The number of ether oxygens (including phenoxy) is 4. The zero-order valence-corrected chi connectivity index (χ0v) is 34.7. The topological polar surface area (TPSA) is 323 Å². The first-order valence-corrected chi connectivity index (χ1v) is 21.0. The molecule has 4 rings (SSSR count). The maximum Gasteiger partial charge on any atom is 0.267 e. The van der Waals surface area contributed by atoms with Crippen molar-refractivity contribution in [3.8, 4) is 28.7 Å². The average Bonchev–Trinajstić information content (AvgIpc) is 3.19. The molecule has 18 nitrogen and oxygen atoms in total. The summed E-state index contributed by atoms with van der Waals surface area (Å²) in [5.74, 6) is 0.718. The lowest BCUT2D eigenvalue weighted by Gasteiger charge is -2.10.